The molecular weight excluding hydrogens is 409 g/mol. The first kappa shape index (κ1) is 15.1. The third-order valence-corrected chi connectivity index (χ3v) is 3.32. The van der Waals surface area contributed by atoms with Crippen LogP contribution in [-0.2, 0) is 0 Å². The molecule has 1 aromatic heterocycles. The van der Waals surface area contributed by atoms with Gasteiger partial charge in [-0.25, -0.2) is 0 Å². The first-order valence-electron chi connectivity index (χ1n) is 5.10. The largest absolute Gasteiger partial charge is 0.573 e. The van der Waals surface area contributed by atoms with Crippen LogP contribution in [0.25, 0.3) is 11.3 Å². The third kappa shape index (κ3) is 3.43. The van der Waals surface area contributed by atoms with Crippen molar-refractivity contribution in [3.05, 3.63) is 39.0 Å². The fraction of sp³-hybridized carbons (Fsp3) is 0.0833. The van der Waals surface area contributed by atoms with Gasteiger partial charge in [-0.05, 0) is 40.2 Å². The summed E-state index contributed by atoms with van der Waals surface area (Å²) in [6.45, 7) is 0. The summed E-state index contributed by atoms with van der Waals surface area (Å²) in [5, 5.41) is 0. The number of rotatable bonds is 3. The van der Waals surface area contributed by atoms with Crippen LogP contribution in [0.15, 0.2) is 37.6 Å². The van der Waals surface area contributed by atoms with Crippen LogP contribution in [0, 0.1) is 0 Å². The predicted molar refractivity (Wildman–Crippen MR) is 71.6 cm³/mol. The van der Waals surface area contributed by atoms with Crippen LogP contribution in [0.2, 0.25) is 0 Å². The standard InChI is InChI=1S/C12H5Br2F3O3/c13-6-3-8(14)11(9-2-1-7(5-18)19-9)10(4-6)20-12(15,16)17/h1-5H. The van der Waals surface area contributed by atoms with Crippen molar-refractivity contribution in [3.8, 4) is 17.1 Å². The molecule has 0 fully saturated rings. The summed E-state index contributed by atoms with van der Waals surface area (Å²) in [5.41, 5.74) is 0.0682. The van der Waals surface area contributed by atoms with E-state index in [1.807, 2.05) is 0 Å². The number of ether oxygens (including phenoxy) is 1. The van der Waals surface area contributed by atoms with E-state index in [9.17, 15) is 18.0 Å². The lowest BCUT2D eigenvalue weighted by molar-refractivity contribution is -0.274. The molecule has 106 valence electrons. The highest BCUT2D eigenvalue weighted by Crippen LogP contribution is 2.41. The van der Waals surface area contributed by atoms with Gasteiger partial charge in [0, 0.05) is 8.95 Å². The molecule has 2 rings (SSSR count). The number of carbonyl (C=O) groups is 1. The molecule has 0 bridgehead atoms. The molecule has 2 aromatic rings. The van der Waals surface area contributed by atoms with Gasteiger partial charge in [0.1, 0.15) is 11.5 Å². The van der Waals surface area contributed by atoms with Gasteiger partial charge in [-0.3, -0.25) is 4.79 Å². The molecule has 0 aliphatic heterocycles. The van der Waals surface area contributed by atoms with Gasteiger partial charge in [0.25, 0.3) is 0 Å². The summed E-state index contributed by atoms with van der Waals surface area (Å²) in [6.07, 6.45) is -4.38. The summed E-state index contributed by atoms with van der Waals surface area (Å²) in [7, 11) is 0. The molecule has 0 radical (unpaired) electrons. The van der Waals surface area contributed by atoms with E-state index in [-0.39, 0.29) is 17.1 Å². The number of benzene rings is 1. The van der Waals surface area contributed by atoms with Crippen molar-refractivity contribution in [1.82, 2.24) is 0 Å². The van der Waals surface area contributed by atoms with Crippen molar-refractivity contribution in [2.45, 2.75) is 6.36 Å². The Labute approximate surface area is 128 Å². The van der Waals surface area contributed by atoms with Crippen LogP contribution in [0.3, 0.4) is 0 Å². The van der Waals surface area contributed by atoms with Crippen molar-refractivity contribution in [3.63, 3.8) is 0 Å². The smallest absolute Gasteiger partial charge is 0.453 e. The van der Waals surface area contributed by atoms with Gasteiger partial charge in [0.2, 0.25) is 0 Å². The van der Waals surface area contributed by atoms with Crippen molar-refractivity contribution in [1.29, 1.82) is 0 Å². The zero-order chi connectivity index (χ0) is 14.9. The van der Waals surface area contributed by atoms with Crippen molar-refractivity contribution >= 4 is 38.1 Å². The van der Waals surface area contributed by atoms with Gasteiger partial charge in [0.15, 0.2) is 12.0 Å². The molecule has 0 spiro atoms. The van der Waals surface area contributed by atoms with E-state index < -0.39 is 12.1 Å². The maximum Gasteiger partial charge on any atom is 0.573 e. The number of halogens is 5. The van der Waals surface area contributed by atoms with E-state index >= 15 is 0 Å². The molecule has 3 nitrogen and oxygen atoms in total. The second kappa shape index (κ2) is 5.61. The number of carbonyl (C=O) groups excluding carboxylic acids is 1. The Morgan fingerprint density at radius 1 is 1.20 bits per heavy atom. The molecule has 0 aliphatic carbocycles. The molecule has 0 N–H and O–H groups in total. The van der Waals surface area contributed by atoms with Crippen LogP contribution in [0.5, 0.6) is 5.75 Å². The first-order valence-corrected chi connectivity index (χ1v) is 6.69. The number of alkyl halides is 3. The Balaban J connectivity index is 2.58. The maximum absolute atomic E-state index is 12.4. The highest BCUT2D eigenvalue weighted by Gasteiger charge is 2.33. The van der Waals surface area contributed by atoms with E-state index in [2.05, 4.69) is 36.6 Å². The van der Waals surface area contributed by atoms with Gasteiger partial charge in [-0.1, -0.05) is 15.9 Å². The molecule has 0 saturated heterocycles. The highest BCUT2D eigenvalue weighted by molar-refractivity contribution is 9.11. The molecule has 0 amide bonds. The van der Waals surface area contributed by atoms with Crippen LogP contribution in [0.4, 0.5) is 13.2 Å². The van der Waals surface area contributed by atoms with E-state index in [0.717, 1.165) is 6.07 Å². The maximum atomic E-state index is 12.4. The van der Waals surface area contributed by atoms with E-state index in [1.165, 1.54) is 12.1 Å². The minimum Gasteiger partial charge on any atom is -0.453 e. The van der Waals surface area contributed by atoms with Gasteiger partial charge in [0.05, 0.1) is 5.56 Å². The Morgan fingerprint density at radius 3 is 2.45 bits per heavy atom. The Bertz CT molecular complexity index is 650. The summed E-state index contributed by atoms with van der Waals surface area (Å²) in [4.78, 5) is 10.6. The topological polar surface area (TPSA) is 39.4 Å². The Kier molecular flexibility index (Phi) is 4.24. The molecule has 20 heavy (non-hydrogen) atoms. The average Bonchev–Trinajstić information content (AvgIpc) is 2.74. The quantitative estimate of drug-likeness (QED) is 0.650. The average molecular weight is 414 g/mol. The lowest BCUT2D eigenvalue weighted by Gasteiger charge is -2.14. The third-order valence-electron chi connectivity index (χ3n) is 2.23. The summed E-state index contributed by atoms with van der Waals surface area (Å²) in [6, 6.07) is 5.45. The first-order chi connectivity index (χ1) is 9.30. The summed E-state index contributed by atoms with van der Waals surface area (Å²) >= 11 is 6.23. The molecule has 8 heteroatoms. The minimum absolute atomic E-state index is 0.00720. The lowest BCUT2D eigenvalue weighted by Crippen LogP contribution is -2.17. The zero-order valence-corrected chi connectivity index (χ0v) is 12.7. The fourth-order valence-electron chi connectivity index (χ4n) is 1.54. The second-order valence-electron chi connectivity index (χ2n) is 3.63. The normalized spacial score (nSPS) is 11.4. The van der Waals surface area contributed by atoms with Crippen LogP contribution in [0.1, 0.15) is 10.6 Å². The molecule has 0 unspecified atom stereocenters. The van der Waals surface area contributed by atoms with Gasteiger partial charge >= 0.3 is 6.36 Å². The van der Waals surface area contributed by atoms with Crippen molar-refractivity contribution < 1.29 is 27.1 Å². The fourth-order valence-corrected chi connectivity index (χ4v) is 2.93. The monoisotopic (exact) mass is 412 g/mol. The number of furan rings is 1. The van der Waals surface area contributed by atoms with Gasteiger partial charge < -0.3 is 9.15 Å². The minimum atomic E-state index is -4.84. The van der Waals surface area contributed by atoms with Crippen molar-refractivity contribution in [2.24, 2.45) is 0 Å². The number of hydrogen-bond donors (Lipinski definition) is 0. The van der Waals surface area contributed by atoms with Crippen LogP contribution in [-0.4, -0.2) is 12.6 Å². The molecule has 0 atom stereocenters. The van der Waals surface area contributed by atoms with Crippen LogP contribution < -0.4 is 4.74 Å². The molecule has 1 heterocycles. The SMILES string of the molecule is O=Cc1ccc(-c2c(Br)cc(Br)cc2OC(F)(F)F)o1. The lowest BCUT2D eigenvalue weighted by atomic mass is 10.1. The predicted octanol–water partition coefficient (Wildman–Crippen LogP) is 5.18. The Morgan fingerprint density at radius 2 is 1.90 bits per heavy atom. The molecule has 0 aliphatic rings. The van der Waals surface area contributed by atoms with E-state index in [0.29, 0.717) is 15.2 Å². The molecule has 1 aromatic carbocycles. The van der Waals surface area contributed by atoms with E-state index in [4.69, 9.17) is 4.42 Å². The molecular formula is C12H5Br2F3O3. The zero-order valence-electron chi connectivity index (χ0n) is 9.50. The second-order valence-corrected chi connectivity index (χ2v) is 5.40. The van der Waals surface area contributed by atoms with Gasteiger partial charge in [-0.15, -0.1) is 13.2 Å². The van der Waals surface area contributed by atoms with Gasteiger partial charge in [-0.2, -0.15) is 0 Å². The number of hydrogen-bond acceptors (Lipinski definition) is 3. The summed E-state index contributed by atoms with van der Waals surface area (Å²) < 4.78 is 47.1. The Hall–Kier alpha value is -1.28. The number of aldehydes is 1. The summed E-state index contributed by atoms with van der Waals surface area (Å²) in [5.74, 6) is -0.343. The van der Waals surface area contributed by atoms with E-state index in [1.54, 1.807) is 6.07 Å². The highest BCUT2D eigenvalue weighted by atomic mass is 79.9. The van der Waals surface area contributed by atoms with Crippen LogP contribution >= 0.6 is 31.9 Å². The van der Waals surface area contributed by atoms with Crippen molar-refractivity contribution in [2.75, 3.05) is 0 Å². The molecule has 0 saturated carbocycles.